The highest BCUT2D eigenvalue weighted by atomic mass is 32.2. The van der Waals surface area contributed by atoms with Gasteiger partial charge in [0, 0.05) is 6.54 Å². The number of halogens is 3. The predicted octanol–water partition coefficient (Wildman–Crippen LogP) is 1.54. The van der Waals surface area contributed by atoms with Gasteiger partial charge in [0.15, 0.2) is 17.5 Å². The summed E-state index contributed by atoms with van der Waals surface area (Å²) in [4.78, 5) is -0.679. The number of aliphatic hydroxyl groups is 1. The summed E-state index contributed by atoms with van der Waals surface area (Å²) >= 11 is 0. The van der Waals surface area contributed by atoms with Gasteiger partial charge in [-0.2, -0.15) is 0 Å². The van der Waals surface area contributed by atoms with Crippen molar-refractivity contribution in [3.05, 3.63) is 29.6 Å². The Hall–Kier alpha value is -1.12. The maximum absolute atomic E-state index is 13.0. The average Bonchev–Trinajstić information content (AvgIpc) is 2.78. The van der Waals surface area contributed by atoms with Crippen LogP contribution in [0.3, 0.4) is 0 Å². The van der Waals surface area contributed by atoms with Crippen LogP contribution in [-0.4, -0.2) is 26.2 Å². The molecule has 1 aliphatic rings. The molecule has 2 N–H and O–H groups in total. The number of hydrogen-bond acceptors (Lipinski definition) is 3. The van der Waals surface area contributed by atoms with E-state index in [0.29, 0.717) is 25.0 Å². The van der Waals surface area contributed by atoms with Gasteiger partial charge in [0.1, 0.15) is 0 Å². The van der Waals surface area contributed by atoms with Crippen molar-refractivity contribution in [1.29, 1.82) is 0 Å². The molecule has 0 aromatic heterocycles. The Labute approximate surface area is 114 Å². The Balaban J connectivity index is 2.14. The highest BCUT2D eigenvalue weighted by Crippen LogP contribution is 2.25. The number of nitrogens with one attached hydrogen (secondary N) is 1. The second-order valence-electron chi connectivity index (χ2n) is 4.81. The van der Waals surface area contributed by atoms with Crippen molar-refractivity contribution in [3.8, 4) is 0 Å². The van der Waals surface area contributed by atoms with Crippen molar-refractivity contribution in [3.63, 3.8) is 0 Å². The number of aliphatic hydroxyl groups excluding tert-OH is 1. The van der Waals surface area contributed by atoms with E-state index < -0.39 is 38.5 Å². The third kappa shape index (κ3) is 3.13. The van der Waals surface area contributed by atoms with Gasteiger partial charge in [0.2, 0.25) is 10.0 Å². The molecule has 8 heteroatoms. The topological polar surface area (TPSA) is 66.4 Å². The first-order chi connectivity index (χ1) is 9.31. The minimum Gasteiger partial charge on any atom is -0.393 e. The summed E-state index contributed by atoms with van der Waals surface area (Å²) < 4.78 is 64.7. The fraction of sp³-hybridized carbons (Fsp3) is 0.500. The smallest absolute Gasteiger partial charge is 0.240 e. The van der Waals surface area contributed by atoms with Crippen LogP contribution < -0.4 is 4.72 Å². The van der Waals surface area contributed by atoms with E-state index >= 15 is 0 Å². The van der Waals surface area contributed by atoms with Gasteiger partial charge in [-0.3, -0.25) is 0 Å². The molecule has 0 spiro atoms. The summed E-state index contributed by atoms with van der Waals surface area (Å²) in [6.07, 6.45) is 1.49. The Morgan fingerprint density at radius 3 is 2.30 bits per heavy atom. The maximum atomic E-state index is 13.0. The fourth-order valence-corrected chi connectivity index (χ4v) is 3.36. The molecule has 0 saturated heterocycles. The number of benzene rings is 1. The molecule has 1 aromatic carbocycles. The van der Waals surface area contributed by atoms with Gasteiger partial charge >= 0.3 is 0 Å². The van der Waals surface area contributed by atoms with Crippen molar-refractivity contribution >= 4 is 10.0 Å². The first-order valence-corrected chi connectivity index (χ1v) is 7.62. The van der Waals surface area contributed by atoms with Crippen LogP contribution in [0.5, 0.6) is 0 Å². The van der Waals surface area contributed by atoms with Crippen LogP contribution in [0.25, 0.3) is 0 Å². The van der Waals surface area contributed by atoms with Gasteiger partial charge in [-0.05, 0) is 30.9 Å². The molecule has 0 radical (unpaired) electrons. The lowest BCUT2D eigenvalue weighted by Gasteiger charge is -2.15. The van der Waals surface area contributed by atoms with Crippen molar-refractivity contribution in [2.24, 2.45) is 5.92 Å². The van der Waals surface area contributed by atoms with Crippen LogP contribution in [0, 0.1) is 23.4 Å². The van der Waals surface area contributed by atoms with Crippen molar-refractivity contribution < 1.29 is 26.7 Å². The molecular weight excluding hydrogens is 295 g/mol. The van der Waals surface area contributed by atoms with E-state index in [1.165, 1.54) is 0 Å². The van der Waals surface area contributed by atoms with Gasteiger partial charge in [-0.25, -0.2) is 26.3 Å². The van der Waals surface area contributed by atoms with E-state index in [0.717, 1.165) is 6.42 Å². The summed E-state index contributed by atoms with van der Waals surface area (Å²) in [5.41, 5.74) is 0. The molecule has 1 fully saturated rings. The highest BCUT2D eigenvalue weighted by molar-refractivity contribution is 7.89. The van der Waals surface area contributed by atoms with Gasteiger partial charge < -0.3 is 5.11 Å². The van der Waals surface area contributed by atoms with Crippen LogP contribution >= 0.6 is 0 Å². The Morgan fingerprint density at radius 2 is 1.80 bits per heavy atom. The molecule has 2 rings (SSSR count). The molecule has 0 bridgehead atoms. The summed E-state index contributed by atoms with van der Waals surface area (Å²) in [5, 5.41) is 9.58. The zero-order valence-corrected chi connectivity index (χ0v) is 11.3. The maximum Gasteiger partial charge on any atom is 0.240 e. The standard InChI is InChI=1S/C12H14F3NO3S/c13-9-4-8(5-10(14)12(9)15)20(18,19)16-6-7-2-1-3-11(7)17/h4-5,7,11,16-17H,1-3,6H2/t7-,11+/m1/s1. The first kappa shape index (κ1) is 15.3. The van der Waals surface area contributed by atoms with Crippen molar-refractivity contribution in [1.82, 2.24) is 4.72 Å². The lowest BCUT2D eigenvalue weighted by Crippen LogP contribution is -2.32. The van der Waals surface area contributed by atoms with Gasteiger partial charge in [0.05, 0.1) is 11.0 Å². The van der Waals surface area contributed by atoms with Crippen molar-refractivity contribution in [2.75, 3.05) is 6.54 Å². The van der Waals surface area contributed by atoms with Gasteiger partial charge in [-0.15, -0.1) is 0 Å². The van der Waals surface area contributed by atoms with Crippen LogP contribution in [0.4, 0.5) is 13.2 Å². The minimum atomic E-state index is -4.14. The van der Waals surface area contributed by atoms with Crippen LogP contribution in [0.15, 0.2) is 17.0 Å². The third-order valence-electron chi connectivity index (χ3n) is 3.42. The van der Waals surface area contributed by atoms with Crippen LogP contribution in [0.2, 0.25) is 0 Å². The zero-order chi connectivity index (χ0) is 14.9. The molecule has 112 valence electrons. The normalized spacial score (nSPS) is 23.2. The average molecular weight is 309 g/mol. The highest BCUT2D eigenvalue weighted by Gasteiger charge is 2.27. The monoisotopic (exact) mass is 309 g/mol. The van der Waals surface area contributed by atoms with E-state index in [9.17, 15) is 26.7 Å². The van der Waals surface area contributed by atoms with E-state index in [4.69, 9.17) is 0 Å². The third-order valence-corrected chi connectivity index (χ3v) is 4.83. The molecule has 0 heterocycles. The van der Waals surface area contributed by atoms with E-state index in [-0.39, 0.29) is 12.5 Å². The number of rotatable bonds is 4. The second-order valence-corrected chi connectivity index (χ2v) is 6.58. The SMILES string of the molecule is O=S(=O)(NC[C@H]1CCC[C@@H]1O)c1cc(F)c(F)c(F)c1. The van der Waals surface area contributed by atoms with Gasteiger partial charge in [-0.1, -0.05) is 6.42 Å². The number of hydrogen-bond donors (Lipinski definition) is 2. The molecule has 20 heavy (non-hydrogen) atoms. The molecule has 2 atom stereocenters. The van der Waals surface area contributed by atoms with E-state index in [1.54, 1.807) is 0 Å². The molecule has 1 aliphatic carbocycles. The summed E-state index contributed by atoms with van der Waals surface area (Å²) in [6.45, 7) is -0.0237. The van der Waals surface area contributed by atoms with Crippen molar-refractivity contribution in [2.45, 2.75) is 30.3 Å². The Bertz CT molecular complexity index is 583. The van der Waals surface area contributed by atoms with Crippen LogP contribution in [0.1, 0.15) is 19.3 Å². The van der Waals surface area contributed by atoms with Crippen LogP contribution in [-0.2, 0) is 10.0 Å². The quantitative estimate of drug-likeness (QED) is 0.829. The summed E-state index contributed by atoms with van der Waals surface area (Å²) in [5.74, 6) is -5.06. The van der Waals surface area contributed by atoms with Gasteiger partial charge in [0.25, 0.3) is 0 Å². The molecule has 1 saturated carbocycles. The summed E-state index contributed by atoms with van der Waals surface area (Å²) in [7, 11) is -4.14. The lowest BCUT2D eigenvalue weighted by atomic mass is 10.1. The van der Waals surface area contributed by atoms with E-state index in [1.807, 2.05) is 0 Å². The first-order valence-electron chi connectivity index (χ1n) is 6.13. The molecule has 0 aliphatic heterocycles. The predicted molar refractivity (Wildman–Crippen MR) is 64.9 cm³/mol. The largest absolute Gasteiger partial charge is 0.393 e. The number of sulfonamides is 1. The summed E-state index contributed by atoms with van der Waals surface area (Å²) in [6, 6.07) is 0.845. The fourth-order valence-electron chi connectivity index (χ4n) is 2.24. The molecule has 0 amide bonds. The van der Waals surface area contributed by atoms with E-state index in [2.05, 4.69) is 4.72 Å². The molecule has 4 nitrogen and oxygen atoms in total. The Morgan fingerprint density at radius 1 is 1.20 bits per heavy atom. The Kier molecular flexibility index (Phi) is 4.36. The lowest BCUT2D eigenvalue weighted by molar-refractivity contribution is 0.134. The minimum absolute atomic E-state index is 0.0237. The second kappa shape index (κ2) is 5.71. The molecule has 1 aromatic rings. The molecular formula is C12H14F3NO3S. The zero-order valence-electron chi connectivity index (χ0n) is 10.4. The molecule has 0 unspecified atom stereocenters.